The number of hydrogen-bond donors (Lipinski definition) is 0. The zero-order valence-corrected chi connectivity index (χ0v) is 17.3. The summed E-state index contributed by atoms with van der Waals surface area (Å²) < 4.78 is 26.5. The highest BCUT2D eigenvalue weighted by Gasteiger charge is 1.98. The number of ether oxygens (including phenoxy) is 5. The van der Waals surface area contributed by atoms with E-state index >= 15 is 0 Å². The van der Waals surface area contributed by atoms with Crippen LogP contribution in [0.25, 0.3) is 0 Å². The van der Waals surface area contributed by atoms with Gasteiger partial charge in [-0.15, -0.1) is 8.93 Å². The lowest BCUT2D eigenvalue weighted by Crippen LogP contribution is -2.13. The van der Waals surface area contributed by atoms with Gasteiger partial charge in [-0.1, -0.05) is 9.24 Å². The van der Waals surface area contributed by atoms with Gasteiger partial charge in [0.05, 0.1) is 66.1 Å². The summed E-state index contributed by atoms with van der Waals surface area (Å²) >= 11 is 0. The maximum absolute atomic E-state index is 11.0. The summed E-state index contributed by atoms with van der Waals surface area (Å²) in [7, 11) is 4.81. The number of carbonyl (C=O) groups excluding carboxylic acids is 2. The molecule has 3 atom stereocenters. The van der Waals surface area contributed by atoms with Gasteiger partial charge in [-0.25, -0.2) is 0 Å². The predicted molar refractivity (Wildman–Crippen MR) is 101 cm³/mol. The van der Waals surface area contributed by atoms with E-state index in [9.17, 15) is 9.59 Å². The smallest absolute Gasteiger partial charge is 0.157 e. The van der Waals surface area contributed by atoms with Crippen molar-refractivity contribution in [3.8, 4) is 0 Å². The molecule has 0 N–H and O–H groups in total. The van der Waals surface area contributed by atoms with Gasteiger partial charge >= 0.3 is 0 Å². The summed E-state index contributed by atoms with van der Waals surface area (Å²) in [6.45, 7) is 4.83. The third-order valence-electron chi connectivity index (χ3n) is 2.62. The van der Waals surface area contributed by atoms with Crippen molar-refractivity contribution in [2.24, 2.45) is 0 Å². The molecule has 0 aliphatic heterocycles. The molecule has 0 fully saturated rings. The van der Waals surface area contributed by atoms with E-state index in [1.807, 2.05) is 0 Å². The summed E-state index contributed by atoms with van der Waals surface area (Å²) in [6, 6.07) is 0. The number of rotatable bonds is 19. The highest BCUT2D eigenvalue weighted by Crippen LogP contribution is 2.22. The minimum absolute atomic E-state index is 0.0455. The molecule has 0 bridgehead atoms. The van der Waals surface area contributed by atoms with Gasteiger partial charge < -0.3 is 23.7 Å². The van der Waals surface area contributed by atoms with Crippen LogP contribution in [-0.2, 0) is 33.3 Å². The Hall–Kier alpha value is 0.430. The summed E-state index contributed by atoms with van der Waals surface area (Å²) in [6.07, 6.45) is 0.876. The maximum Gasteiger partial charge on any atom is 0.157 e. The van der Waals surface area contributed by atoms with Crippen molar-refractivity contribution < 1.29 is 33.3 Å². The largest absolute Gasteiger partial charge is 0.379 e. The first-order valence-corrected chi connectivity index (χ1v) is 11.2. The van der Waals surface area contributed by atoms with Crippen LogP contribution in [0.15, 0.2) is 0 Å². The average molecular weight is 402 g/mol. The summed E-state index contributed by atoms with van der Waals surface area (Å²) in [5, 5.41) is 0. The van der Waals surface area contributed by atoms with Crippen LogP contribution in [0.3, 0.4) is 0 Å². The summed E-state index contributed by atoms with van der Waals surface area (Å²) in [4.78, 5) is 21.7. The van der Waals surface area contributed by atoms with Crippen molar-refractivity contribution in [1.82, 2.24) is 0 Å². The van der Waals surface area contributed by atoms with E-state index < -0.39 is 0 Å². The Morgan fingerprint density at radius 3 is 1.29 bits per heavy atom. The quantitative estimate of drug-likeness (QED) is 0.238. The highest BCUT2D eigenvalue weighted by atomic mass is 32.0. The lowest BCUT2D eigenvalue weighted by molar-refractivity contribution is -0.113. The van der Waals surface area contributed by atoms with Crippen LogP contribution in [0.2, 0.25) is 0 Å². The molecule has 0 aromatic carbocycles. The molecule has 142 valence electrons. The van der Waals surface area contributed by atoms with Gasteiger partial charge in [0, 0.05) is 12.8 Å². The van der Waals surface area contributed by atoms with Crippen LogP contribution in [0.1, 0.15) is 12.8 Å². The van der Waals surface area contributed by atoms with E-state index in [4.69, 9.17) is 23.7 Å². The molecule has 0 radical (unpaired) electrons. The minimum atomic E-state index is 0.0455. The van der Waals surface area contributed by atoms with Crippen LogP contribution in [0.5, 0.6) is 0 Å². The molecule has 0 aromatic rings. The van der Waals surface area contributed by atoms with E-state index in [1.165, 1.54) is 0 Å². The van der Waals surface area contributed by atoms with Crippen molar-refractivity contribution in [1.29, 1.82) is 0 Å². The van der Waals surface area contributed by atoms with Crippen molar-refractivity contribution in [3.05, 3.63) is 0 Å². The fourth-order valence-electron chi connectivity index (χ4n) is 1.39. The van der Waals surface area contributed by atoms with Gasteiger partial charge in [-0.2, -0.15) is 0 Å². The molecule has 24 heavy (non-hydrogen) atoms. The molecule has 0 amide bonds. The Labute approximate surface area is 150 Å². The lowest BCUT2D eigenvalue weighted by Gasteiger charge is -2.07. The van der Waals surface area contributed by atoms with Crippen molar-refractivity contribution in [3.63, 3.8) is 0 Å². The second kappa shape index (κ2) is 19.8. The second-order valence-electron chi connectivity index (χ2n) is 4.60. The standard InChI is InChI=1S/C14H29O7P3/c15-13(22)1-3-17-5-7-19-9-11-21-12-10-20-8-6-18-4-2-14(16)24-23/h24H,1-12,22-23H2. The fourth-order valence-corrected chi connectivity index (χ4v) is 2.19. The van der Waals surface area contributed by atoms with Crippen molar-refractivity contribution >= 4 is 37.5 Å². The van der Waals surface area contributed by atoms with Gasteiger partial charge in [0.15, 0.2) is 11.0 Å². The zero-order valence-electron chi connectivity index (χ0n) is 14.0. The molecule has 7 nitrogen and oxygen atoms in total. The van der Waals surface area contributed by atoms with E-state index in [2.05, 4.69) is 18.2 Å². The van der Waals surface area contributed by atoms with Gasteiger partial charge in [0.2, 0.25) is 0 Å². The molecule has 0 aliphatic carbocycles. The molecule has 10 heteroatoms. The van der Waals surface area contributed by atoms with Gasteiger partial charge in [0.25, 0.3) is 0 Å². The lowest BCUT2D eigenvalue weighted by atomic mass is 10.5. The molecular weight excluding hydrogens is 373 g/mol. The van der Waals surface area contributed by atoms with Crippen LogP contribution in [0, 0.1) is 0 Å². The van der Waals surface area contributed by atoms with E-state index in [1.54, 1.807) is 0 Å². The molecule has 0 rings (SSSR count). The van der Waals surface area contributed by atoms with Crippen LogP contribution < -0.4 is 0 Å². The first-order chi connectivity index (χ1) is 11.7. The molecule has 0 aromatic heterocycles. The minimum Gasteiger partial charge on any atom is -0.379 e. The Bertz CT molecular complexity index is 319. The topological polar surface area (TPSA) is 80.3 Å². The van der Waals surface area contributed by atoms with Crippen LogP contribution in [0.4, 0.5) is 0 Å². The number of hydrogen-bond acceptors (Lipinski definition) is 7. The molecule has 0 aliphatic rings. The third-order valence-corrected chi connectivity index (χ3v) is 4.44. The van der Waals surface area contributed by atoms with Crippen molar-refractivity contribution in [2.75, 3.05) is 66.1 Å². The molecule has 0 heterocycles. The van der Waals surface area contributed by atoms with Gasteiger partial charge in [-0.3, -0.25) is 9.59 Å². The molecule has 0 saturated carbocycles. The molecular formula is C14H29O7P3. The molecule has 3 unspecified atom stereocenters. The SMILES string of the molecule is O=C(P)CCOCCOCCOCCOCCOCCC(=O)PP. The van der Waals surface area contributed by atoms with Crippen LogP contribution in [-0.4, -0.2) is 77.1 Å². The van der Waals surface area contributed by atoms with Crippen LogP contribution >= 0.6 is 26.4 Å². The molecule has 0 saturated heterocycles. The first kappa shape index (κ1) is 24.4. The van der Waals surface area contributed by atoms with E-state index in [0.717, 1.165) is 0 Å². The Morgan fingerprint density at radius 1 is 0.625 bits per heavy atom. The predicted octanol–water partition coefficient (Wildman–Crippen LogP) is 1.25. The summed E-state index contributed by atoms with van der Waals surface area (Å²) in [5.41, 5.74) is 0.252. The van der Waals surface area contributed by atoms with Crippen molar-refractivity contribution in [2.45, 2.75) is 12.8 Å². The fraction of sp³-hybridized carbons (Fsp3) is 0.857. The monoisotopic (exact) mass is 402 g/mol. The van der Waals surface area contributed by atoms with E-state index in [-0.39, 0.29) is 19.3 Å². The summed E-state index contributed by atoms with van der Waals surface area (Å²) in [5.74, 6) is 0. The Kier molecular flexibility index (Phi) is 20.1. The Morgan fingerprint density at radius 2 is 0.958 bits per heavy atom. The maximum atomic E-state index is 11.0. The zero-order chi connectivity index (χ0) is 17.9. The Balaban J connectivity index is 3.03. The highest BCUT2D eigenvalue weighted by molar-refractivity contribution is 8.11. The third kappa shape index (κ3) is 20.5. The van der Waals surface area contributed by atoms with Gasteiger partial charge in [-0.05, 0) is 8.27 Å². The normalized spacial score (nSPS) is 11.4. The second-order valence-corrected chi connectivity index (χ2v) is 6.95. The average Bonchev–Trinajstić information content (AvgIpc) is 2.57. The van der Waals surface area contributed by atoms with Gasteiger partial charge in [0.1, 0.15) is 0 Å². The van der Waals surface area contributed by atoms with E-state index in [0.29, 0.717) is 78.9 Å². The molecule has 0 spiro atoms. The number of carbonyl (C=O) groups is 2. The first-order valence-electron chi connectivity index (χ1n) is 7.83.